The molecule has 0 spiro atoms. The van der Waals surface area contributed by atoms with Gasteiger partial charge in [-0.3, -0.25) is 19.4 Å². The lowest BCUT2D eigenvalue weighted by Crippen LogP contribution is -2.40. The van der Waals surface area contributed by atoms with E-state index in [2.05, 4.69) is 15.4 Å². The lowest BCUT2D eigenvalue weighted by Gasteiger charge is -2.25. The summed E-state index contributed by atoms with van der Waals surface area (Å²) in [6, 6.07) is 0.989. The third-order valence-electron chi connectivity index (χ3n) is 5.78. The van der Waals surface area contributed by atoms with Crippen molar-refractivity contribution in [3.63, 3.8) is 0 Å². The molecule has 1 amide bonds. The average molecular weight is 380 g/mol. The summed E-state index contributed by atoms with van der Waals surface area (Å²) in [4.78, 5) is 31.6. The number of aryl methyl sites for hydroxylation is 3. The van der Waals surface area contributed by atoms with Crippen LogP contribution in [0, 0.1) is 13.8 Å². The second-order valence-corrected chi connectivity index (χ2v) is 7.44. The maximum absolute atomic E-state index is 12.9. The molecule has 0 aromatic carbocycles. The molecular formula is C18H26ClN5O2. The third kappa shape index (κ3) is 3.14. The number of rotatable bonds is 2. The Morgan fingerprint density at radius 2 is 1.96 bits per heavy atom. The summed E-state index contributed by atoms with van der Waals surface area (Å²) in [5, 5.41) is 6.94. The minimum Gasteiger partial charge on any atom is -0.341 e. The molecule has 2 N–H and O–H groups in total. The molecule has 0 radical (unpaired) electrons. The van der Waals surface area contributed by atoms with E-state index in [9.17, 15) is 9.59 Å². The van der Waals surface area contributed by atoms with Crippen LogP contribution in [-0.2, 0) is 18.3 Å². The number of aromatic amines is 1. The standard InChI is InChI=1S/C18H25N5O2.ClH/c1-10-14(11(2)19-17-16(10)18(25)21-22(17)3)8-15(24)23-7-6-12-4-5-13(9-23)20-12;/h12-13,20H,4-9H2,1-3H3,(H,21,25);1H. The fourth-order valence-electron chi connectivity index (χ4n) is 4.34. The fourth-order valence-corrected chi connectivity index (χ4v) is 4.34. The highest BCUT2D eigenvalue weighted by Gasteiger charge is 2.31. The van der Waals surface area contributed by atoms with Gasteiger partial charge in [0.05, 0.1) is 11.8 Å². The molecule has 2 aromatic rings. The number of hydrogen-bond donors (Lipinski definition) is 2. The zero-order valence-corrected chi connectivity index (χ0v) is 16.3. The molecule has 8 heteroatoms. The molecule has 7 nitrogen and oxygen atoms in total. The van der Waals surface area contributed by atoms with Crippen LogP contribution in [0.25, 0.3) is 11.0 Å². The van der Waals surface area contributed by atoms with E-state index in [0.29, 0.717) is 29.5 Å². The van der Waals surface area contributed by atoms with Crippen molar-refractivity contribution < 1.29 is 4.79 Å². The lowest BCUT2D eigenvalue weighted by atomic mass is 10.0. The molecule has 4 heterocycles. The van der Waals surface area contributed by atoms with Gasteiger partial charge in [0.15, 0.2) is 5.65 Å². The van der Waals surface area contributed by atoms with Gasteiger partial charge in [-0.05, 0) is 44.2 Å². The Labute approximate surface area is 158 Å². The fraction of sp³-hybridized carbons (Fsp3) is 0.611. The molecule has 2 aliphatic heterocycles. The first-order valence-corrected chi connectivity index (χ1v) is 9.02. The van der Waals surface area contributed by atoms with Crippen molar-refractivity contribution in [1.82, 2.24) is 25.0 Å². The maximum atomic E-state index is 12.9. The number of amides is 1. The van der Waals surface area contributed by atoms with Gasteiger partial charge in [-0.15, -0.1) is 12.4 Å². The van der Waals surface area contributed by atoms with Crippen LogP contribution < -0.4 is 10.9 Å². The second-order valence-electron chi connectivity index (χ2n) is 7.44. The second kappa shape index (κ2) is 7.04. The van der Waals surface area contributed by atoms with Gasteiger partial charge in [-0.2, -0.15) is 0 Å². The van der Waals surface area contributed by atoms with E-state index in [4.69, 9.17) is 0 Å². The highest BCUT2D eigenvalue weighted by Crippen LogP contribution is 2.23. The van der Waals surface area contributed by atoms with Crippen LogP contribution in [0.2, 0.25) is 0 Å². The molecule has 2 saturated heterocycles. The number of halogens is 1. The van der Waals surface area contributed by atoms with Crippen molar-refractivity contribution in [3.05, 3.63) is 27.2 Å². The Bertz CT molecular complexity index is 903. The van der Waals surface area contributed by atoms with Crippen molar-refractivity contribution in [2.45, 2.75) is 51.6 Å². The van der Waals surface area contributed by atoms with Gasteiger partial charge in [-0.1, -0.05) is 0 Å². The number of H-pyrrole nitrogens is 1. The number of nitrogens with one attached hydrogen (secondary N) is 2. The Hall–Kier alpha value is -1.86. The smallest absolute Gasteiger partial charge is 0.273 e. The monoisotopic (exact) mass is 379 g/mol. The molecule has 0 saturated carbocycles. The van der Waals surface area contributed by atoms with E-state index in [1.807, 2.05) is 18.7 Å². The van der Waals surface area contributed by atoms with Crippen LogP contribution in [0.15, 0.2) is 4.79 Å². The van der Waals surface area contributed by atoms with Crippen LogP contribution in [-0.4, -0.2) is 50.7 Å². The largest absolute Gasteiger partial charge is 0.341 e. The first-order valence-electron chi connectivity index (χ1n) is 9.02. The van der Waals surface area contributed by atoms with Gasteiger partial charge < -0.3 is 10.2 Å². The Kier molecular flexibility index (Phi) is 5.12. The van der Waals surface area contributed by atoms with Crippen molar-refractivity contribution in [1.29, 1.82) is 0 Å². The normalized spacial score (nSPS) is 22.3. The predicted molar refractivity (Wildman–Crippen MR) is 103 cm³/mol. The van der Waals surface area contributed by atoms with E-state index in [0.717, 1.165) is 42.8 Å². The van der Waals surface area contributed by atoms with Gasteiger partial charge in [-0.25, -0.2) is 4.98 Å². The molecule has 2 aliphatic rings. The van der Waals surface area contributed by atoms with Gasteiger partial charge in [0, 0.05) is 37.9 Å². The Balaban J connectivity index is 0.00000196. The molecule has 2 bridgehead atoms. The zero-order valence-electron chi connectivity index (χ0n) is 15.5. The third-order valence-corrected chi connectivity index (χ3v) is 5.78. The molecule has 2 unspecified atom stereocenters. The minimum atomic E-state index is -0.146. The van der Waals surface area contributed by atoms with Crippen molar-refractivity contribution in [2.24, 2.45) is 7.05 Å². The number of aromatic nitrogens is 3. The van der Waals surface area contributed by atoms with Crippen LogP contribution in [0.1, 0.15) is 36.1 Å². The minimum absolute atomic E-state index is 0. The summed E-state index contributed by atoms with van der Waals surface area (Å²) in [6.07, 6.45) is 3.71. The molecule has 2 fully saturated rings. The van der Waals surface area contributed by atoms with E-state index in [1.54, 1.807) is 11.7 Å². The van der Waals surface area contributed by atoms with Crippen molar-refractivity contribution >= 4 is 29.3 Å². The zero-order chi connectivity index (χ0) is 17.7. The highest BCUT2D eigenvalue weighted by atomic mass is 35.5. The molecule has 26 heavy (non-hydrogen) atoms. The number of hydrogen-bond acceptors (Lipinski definition) is 4. The molecule has 2 atom stereocenters. The number of pyridine rings is 1. The molecule has 4 rings (SSSR count). The summed E-state index contributed by atoms with van der Waals surface area (Å²) in [5.74, 6) is 0.133. The van der Waals surface area contributed by atoms with Crippen molar-refractivity contribution in [3.8, 4) is 0 Å². The Morgan fingerprint density at radius 3 is 2.73 bits per heavy atom. The van der Waals surface area contributed by atoms with Gasteiger partial charge in [0.25, 0.3) is 5.56 Å². The molecular weight excluding hydrogens is 354 g/mol. The predicted octanol–water partition coefficient (Wildman–Crippen LogP) is 1.20. The SMILES string of the molecule is Cc1nc2c(c(C)c1CC(=O)N1CCC3CCC(C1)N3)c(=O)[nH]n2C.Cl. The van der Waals surface area contributed by atoms with Gasteiger partial charge in [0.1, 0.15) is 0 Å². The number of carbonyl (C=O) groups is 1. The number of nitrogens with zero attached hydrogens (tertiary/aromatic N) is 3. The van der Waals surface area contributed by atoms with E-state index >= 15 is 0 Å². The van der Waals surface area contributed by atoms with Crippen LogP contribution >= 0.6 is 12.4 Å². The quantitative estimate of drug-likeness (QED) is 0.821. The van der Waals surface area contributed by atoms with E-state index in [-0.39, 0.29) is 23.9 Å². The summed E-state index contributed by atoms with van der Waals surface area (Å²) in [7, 11) is 1.78. The summed E-state index contributed by atoms with van der Waals surface area (Å²) in [6.45, 7) is 5.43. The Morgan fingerprint density at radius 1 is 1.23 bits per heavy atom. The number of fused-ring (bicyclic) bond motifs is 3. The van der Waals surface area contributed by atoms with Crippen LogP contribution in [0.5, 0.6) is 0 Å². The van der Waals surface area contributed by atoms with Crippen LogP contribution in [0.4, 0.5) is 0 Å². The van der Waals surface area contributed by atoms with E-state index in [1.165, 1.54) is 6.42 Å². The number of carbonyl (C=O) groups excluding carboxylic acids is 1. The lowest BCUT2D eigenvalue weighted by molar-refractivity contribution is -0.130. The summed E-state index contributed by atoms with van der Waals surface area (Å²) in [5.41, 5.74) is 3.08. The van der Waals surface area contributed by atoms with Gasteiger partial charge in [0.2, 0.25) is 5.91 Å². The first kappa shape index (κ1) is 18.9. The highest BCUT2D eigenvalue weighted by molar-refractivity contribution is 5.85. The van der Waals surface area contributed by atoms with Crippen LogP contribution in [0.3, 0.4) is 0 Å². The average Bonchev–Trinajstić information content (AvgIpc) is 3.02. The number of likely N-dealkylation sites (tertiary alicyclic amines) is 1. The first-order chi connectivity index (χ1) is 11.9. The van der Waals surface area contributed by atoms with E-state index < -0.39 is 0 Å². The maximum Gasteiger partial charge on any atom is 0.273 e. The summed E-state index contributed by atoms with van der Waals surface area (Å²) < 4.78 is 1.64. The molecule has 142 valence electrons. The molecule has 0 aliphatic carbocycles. The topological polar surface area (TPSA) is 83.0 Å². The van der Waals surface area contributed by atoms with Gasteiger partial charge >= 0.3 is 0 Å². The molecule has 2 aromatic heterocycles. The van der Waals surface area contributed by atoms with Crippen molar-refractivity contribution in [2.75, 3.05) is 13.1 Å². The summed E-state index contributed by atoms with van der Waals surface area (Å²) >= 11 is 0.